The Morgan fingerprint density at radius 1 is 1.47 bits per heavy atom. The van der Waals surface area contributed by atoms with Crippen molar-refractivity contribution in [3.05, 3.63) is 16.1 Å². The van der Waals surface area contributed by atoms with Crippen molar-refractivity contribution in [2.24, 2.45) is 0 Å². The summed E-state index contributed by atoms with van der Waals surface area (Å²) >= 11 is 0.805. The number of nitrogens with zero attached hydrogens (tertiary/aromatic N) is 1. The predicted octanol–water partition coefficient (Wildman–Crippen LogP) is 1.80. The molecule has 0 amide bonds. The fourth-order valence-electron chi connectivity index (χ4n) is 0.796. The molecule has 5 nitrogen and oxygen atoms in total. The van der Waals surface area contributed by atoms with Crippen molar-refractivity contribution in [2.75, 3.05) is 0 Å². The van der Waals surface area contributed by atoms with Gasteiger partial charge in [0, 0.05) is 0 Å². The van der Waals surface area contributed by atoms with Crippen LogP contribution in [0.5, 0.6) is 0 Å². The largest absolute Gasteiger partial charge is 0.476 e. The molecular weight excluding hydrogens is 218 g/mol. The summed E-state index contributed by atoms with van der Waals surface area (Å²) in [5.74, 6) is -1.69. The Balaban J connectivity index is 2.79. The Labute approximate surface area is 90.7 Å². The van der Waals surface area contributed by atoms with E-state index in [0.717, 1.165) is 11.3 Å². The predicted molar refractivity (Wildman–Crippen MR) is 54.2 cm³/mol. The highest BCUT2D eigenvalue weighted by molar-refractivity contribution is 7.15. The molecular formula is C9H11NO4S. The first-order chi connectivity index (χ1) is 6.79. The molecule has 0 radical (unpaired) electrons. The minimum atomic E-state index is -1.14. The van der Waals surface area contributed by atoms with Gasteiger partial charge in [0.05, 0.1) is 6.20 Å². The fraction of sp³-hybridized carbons (Fsp3) is 0.444. The standard InChI is InChI=1S/C9H11NO4S/c1-9(2,3)14-8(13)5-4-10-6(15-5)7(11)12/h4H,1-3H3,(H,11,12). The van der Waals surface area contributed by atoms with E-state index in [9.17, 15) is 9.59 Å². The molecule has 0 fully saturated rings. The van der Waals surface area contributed by atoms with Crippen molar-refractivity contribution in [2.45, 2.75) is 26.4 Å². The van der Waals surface area contributed by atoms with Gasteiger partial charge in [-0.25, -0.2) is 14.6 Å². The van der Waals surface area contributed by atoms with E-state index < -0.39 is 17.5 Å². The molecule has 0 saturated carbocycles. The Morgan fingerprint density at radius 3 is 2.47 bits per heavy atom. The van der Waals surface area contributed by atoms with E-state index in [1.807, 2.05) is 0 Å². The van der Waals surface area contributed by atoms with Crippen LogP contribution in [0.15, 0.2) is 6.20 Å². The summed E-state index contributed by atoms with van der Waals surface area (Å²) in [5.41, 5.74) is -0.593. The molecule has 0 bridgehead atoms. The number of hydrogen-bond donors (Lipinski definition) is 1. The van der Waals surface area contributed by atoms with Gasteiger partial charge in [-0.2, -0.15) is 0 Å². The number of esters is 1. The van der Waals surface area contributed by atoms with Crippen molar-refractivity contribution < 1.29 is 19.4 Å². The molecule has 0 saturated heterocycles. The Hall–Kier alpha value is -1.43. The van der Waals surface area contributed by atoms with E-state index >= 15 is 0 Å². The second-order valence-corrected chi connectivity index (χ2v) is 4.87. The van der Waals surface area contributed by atoms with E-state index in [-0.39, 0.29) is 9.88 Å². The summed E-state index contributed by atoms with van der Waals surface area (Å²) in [7, 11) is 0. The SMILES string of the molecule is CC(C)(C)OC(=O)c1cnc(C(=O)O)s1. The molecule has 1 N–H and O–H groups in total. The summed E-state index contributed by atoms with van der Waals surface area (Å²) in [6.07, 6.45) is 1.21. The number of carboxylic acids is 1. The Kier molecular flexibility index (Phi) is 3.09. The molecule has 82 valence electrons. The molecule has 0 atom stereocenters. The van der Waals surface area contributed by atoms with Crippen LogP contribution >= 0.6 is 11.3 Å². The molecule has 0 aliphatic rings. The topological polar surface area (TPSA) is 76.5 Å². The number of carbonyl (C=O) groups excluding carboxylic acids is 1. The highest BCUT2D eigenvalue weighted by Gasteiger charge is 2.21. The Morgan fingerprint density at radius 2 is 2.07 bits per heavy atom. The first-order valence-electron chi connectivity index (χ1n) is 4.22. The second-order valence-electron chi connectivity index (χ2n) is 3.84. The lowest BCUT2D eigenvalue weighted by Gasteiger charge is -2.18. The van der Waals surface area contributed by atoms with Crippen molar-refractivity contribution in [3.8, 4) is 0 Å². The number of rotatable bonds is 2. The van der Waals surface area contributed by atoms with Gasteiger partial charge in [-0.15, -0.1) is 11.3 Å². The van der Waals surface area contributed by atoms with Crippen molar-refractivity contribution in [1.82, 2.24) is 4.98 Å². The van der Waals surface area contributed by atoms with Gasteiger partial charge < -0.3 is 9.84 Å². The third kappa shape index (κ3) is 3.32. The average Bonchev–Trinajstić information content (AvgIpc) is 2.47. The molecule has 1 rings (SSSR count). The van der Waals surface area contributed by atoms with Crippen LogP contribution in [0.3, 0.4) is 0 Å². The highest BCUT2D eigenvalue weighted by atomic mass is 32.1. The number of hydrogen-bond acceptors (Lipinski definition) is 5. The third-order valence-electron chi connectivity index (χ3n) is 1.29. The minimum absolute atomic E-state index is 0.115. The maximum absolute atomic E-state index is 11.5. The van der Waals surface area contributed by atoms with Crippen molar-refractivity contribution in [1.29, 1.82) is 0 Å². The normalized spacial score (nSPS) is 11.1. The molecule has 0 unspecified atom stereocenters. The quantitative estimate of drug-likeness (QED) is 0.782. The number of carbonyl (C=O) groups is 2. The van der Waals surface area contributed by atoms with Crippen LogP contribution in [0.2, 0.25) is 0 Å². The lowest BCUT2D eigenvalue weighted by atomic mass is 10.2. The molecule has 1 heterocycles. The van der Waals surface area contributed by atoms with Gasteiger partial charge in [-0.1, -0.05) is 0 Å². The number of ether oxygens (including phenoxy) is 1. The number of aromatic carboxylic acids is 1. The smallest absolute Gasteiger partial charge is 0.365 e. The number of aromatic nitrogens is 1. The van der Waals surface area contributed by atoms with Crippen LogP contribution in [-0.2, 0) is 4.74 Å². The first kappa shape index (κ1) is 11.6. The van der Waals surface area contributed by atoms with Crippen LogP contribution in [0, 0.1) is 0 Å². The second kappa shape index (κ2) is 3.98. The summed E-state index contributed by atoms with van der Waals surface area (Å²) in [5, 5.41) is 8.49. The number of thiazole rings is 1. The average molecular weight is 229 g/mol. The molecule has 1 aromatic heterocycles. The molecule has 1 aromatic rings. The molecule has 6 heteroatoms. The van der Waals surface area contributed by atoms with Gasteiger partial charge >= 0.3 is 11.9 Å². The van der Waals surface area contributed by atoms with Crippen LogP contribution in [0.4, 0.5) is 0 Å². The van der Waals surface area contributed by atoms with Crippen LogP contribution in [0.25, 0.3) is 0 Å². The van der Waals surface area contributed by atoms with E-state index in [1.54, 1.807) is 20.8 Å². The zero-order valence-corrected chi connectivity index (χ0v) is 9.42. The lowest BCUT2D eigenvalue weighted by Crippen LogP contribution is -2.23. The fourth-order valence-corrected chi connectivity index (χ4v) is 1.43. The Bertz CT molecular complexity index is 391. The lowest BCUT2D eigenvalue weighted by molar-refractivity contribution is 0.00748. The summed E-state index contributed by atoms with van der Waals surface area (Å²) in [6, 6.07) is 0. The van der Waals surface area contributed by atoms with Gasteiger partial charge in [0.15, 0.2) is 0 Å². The van der Waals surface area contributed by atoms with Gasteiger partial charge in [-0.05, 0) is 20.8 Å². The molecule has 15 heavy (non-hydrogen) atoms. The van der Waals surface area contributed by atoms with Crippen molar-refractivity contribution in [3.63, 3.8) is 0 Å². The maximum atomic E-state index is 11.5. The summed E-state index contributed by atoms with van der Waals surface area (Å²) in [6.45, 7) is 5.22. The van der Waals surface area contributed by atoms with E-state index in [1.165, 1.54) is 6.20 Å². The van der Waals surface area contributed by atoms with E-state index in [2.05, 4.69) is 4.98 Å². The van der Waals surface area contributed by atoms with Gasteiger partial charge in [-0.3, -0.25) is 0 Å². The van der Waals surface area contributed by atoms with Gasteiger partial charge in [0.1, 0.15) is 10.5 Å². The highest BCUT2D eigenvalue weighted by Crippen LogP contribution is 2.17. The number of carboxylic acid groups (broad SMARTS) is 1. The molecule has 0 aliphatic heterocycles. The minimum Gasteiger partial charge on any atom is -0.476 e. The first-order valence-corrected chi connectivity index (χ1v) is 5.04. The molecule has 0 aliphatic carbocycles. The van der Waals surface area contributed by atoms with E-state index in [4.69, 9.17) is 9.84 Å². The summed E-state index contributed by atoms with van der Waals surface area (Å²) < 4.78 is 5.06. The monoisotopic (exact) mass is 229 g/mol. The summed E-state index contributed by atoms with van der Waals surface area (Å²) in [4.78, 5) is 25.8. The zero-order chi connectivity index (χ0) is 11.6. The molecule has 0 spiro atoms. The van der Waals surface area contributed by atoms with Crippen molar-refractivity contribution >= 4 is 23.3 Å². The third-order valence-corrected chi connectivity index (χ3v) is 2.25. The van der Waals surface area contributed by atoms with E-state index in [0.29, 0.717) is 0 Å². The van der Waals surface area contributed by atoms with Gasteiger partial charge in [0.25, 0.3) is 0 Å². The van der Waals surface area contributed by atoms with Crippen LogP contribution < -0.4 is 0 Å². The maximum Gasteiger partial charge on any atom is 0.365 e. The van der Waals surface area contributed by atoms with Gasteiger partial charge in [0.2, 0.25) is 5.01 Å². The zero-order valence-electron chi connectivity index (χ0n) is 8.60. The van der Waals surface area contributed by atoms with Crippen LogP contribution in [0.1, 0.15) is 40.2 Å². The van der Waals surface area contributed by atoms with Crippen LogP contribution in [-0.4, -0.2) is 27.6 Å². The molecule has 0 aromatic carbocycles.